The van der Waals surface area contributed by atoms with Crippen LogP contribution in [0.3, 0.4) is 0 Å². The molecular weight excluding hydrogens is 186 g/mol. The second kappa shape index (κ2) is 4.28. The Balaban J connectivity index is 2.74. The van der Waals surface area contributed by atoms with Crippen molar-refractivity contribution in [3.8, 4) is 0 Å². The summed E-state index contributed by atoms with van der Waals surface area (Å²) in [5, 5.41) is 9.02. The van der Waals surface area contributed by atoms with Gasteiger partial charge in [-0.05, 0) is 25.5 Å². The fourth-order valence-corrected chi connectivity index (χ4v) is 1.62. The number of pyridine rings is 1. The molecule has 70 valence electrons. The minimum atomic E-state index is -0.810. The van der Waals surface area contributed by atoms with Crippen LogP contribution in [-0.4, -0.2) is 21.3 Å². The predicted octanol–water partition coefficient (Wildman–Crippen LogP) is 1.96. The van der Waals surface area contributed by atoms with E-state index in [2.05, 4.69) is 4.98 Å². The summed E-state index contributed by atoms with van der Waals surface area (Å²) in [5.74, 6) is -0.810. The Hall–Kier alpha value is -1.03. The Bertz CT molecular complexity index is 314. The Morgan fingerprint density at radius 3 is 2.92 bits per heavy atom. The number of aryl methyl sites for hydroxylation is 1. The molecule has 1 unspecified atom stereocenters. The van der Waals surface area contributed by atoms with Gasteiger partial charge in [0.15, 0.2) is 0 Å². The van der Waals surface area contributed by atoms with Crippen LogP contribution in [0.15, 0.2) is 23.4 Å². The zero-order chi connectivity index (χ0) is 9.84. The molecule has 1 rings (SSSR count). The number of aromatic nitrogens is 1. The highest BCUT2D eigenvalue weighted by Crippen LogP contribution is 2.23. The molecule has 1 aromatic rings. The van der Waals surface area contributed by atoms with Gasteiger partial charge in [-0.2, -0.15) is 0 Å². The number of carboxylic acids is 1. The second-order valence-electron chi connectivity index (χ2n) is 2.72. The molecule has 0 amide bonds. The lowest BCUT2D eigenvalue weighted by molar-refractivity contribution is -0.136. The van der Waals surface area contributed by atoms with E-state index in [1.165, 1.54) is 11.8 Å². The summed E-state index contributed by atoms with van der Waals surface area (Å²) in [7, 11) is 0. The van der Waals surface area contributed by atoms with Crippen LogP contribution in [0.25, 0.3) is 0 Å². The van der Waals surface area contributed by atoms with E-state index in [9.17, 15) is 4.79 Å². The van der Waals surface area contributed by atoms with Gasteiger partial charge in [0.2, 0.25) is 0 Å². The van der Waals surface area contributed by atoms with Crippen molar-refractivity contribution in [1.82, 2.24) is 4.98 Å². The van der Waals surface area contributed by atoms with Crippen LogP contribution in [0, 0.1) is 6.92 Å². The Morgan fingerprint density at radius 1 is 1.69 bits per heavy atom. The monoisotopic (exact) mass is 197 g/mol. The zero-order valence-electron chi connectivity index (χ0n) is 7.52. The molecule has 0 spiro atoms. The third kappa shape index (κ3) is 2.73. The molecule has 0 saturated heterocycles. The second-order valence-corrected chi connectivity index (χ2v) is 4.05. The van der Waals surface area contributed by atoms with Crippen LogP contribution in [-0.2, 0) is 4.79 Å². The van der Waals surface area contributed by atoms with Gasteiger partial charge in [-0.15, -0.1) is 0 Å². The quantitative estimate of drug-likeness (QED) is 0.752. The van der Waals surface area contributed by atoms with Crippen LogP contribution in [0.4, 0.5) is 0 Å². The summed E-state index contributed by atoms with van der Waals surface area (Å²) in [4.78, 5) is 14.7. The van der Waals surface area contributed by atoms with Crippen molar-refractivity contribution in [2.75, 3.05) is 0 Å². The first-order valence-corrected chi connectivity index (χ1v) is 4.80. The standard InChI is InChI=1S/C9H11NO2S/c1-6-4-3-5-10-8(6)13-7(2)9(11)12/h3-5,7H,1-2H3,(H,11,12). The molecule has 1 atom stereocenters. The minimum Gasteiger partial charge on any atom is -0.480 e. The van der Waals surface area contributed by atoms with Gasteiger partial charge in [0.05, 0.1) is 5.03 Å². The largest absolute Gasteiger partial charge is 0.480 e. The molecule has 0 aliphatic rings. The molecule has 0 aromatic carbocycles. The molecule has 0 fully saturated rings. The highest BCUT2D eigenvalue weighted by Gasteiger charge is 2.13. The molecule has 3 nitrogen and oxygen atoms in total. The highest BCUT2D eigenvalue weighted by molar-refractivity contribution is 8.00. The first-order chi connectivity index (χ1) is 6.11. The van der Waals surface area contributed by atoms with Crippen molar-refractivity contribution in [2.45, 2.75) is 24.1 Å². The molecule has 1 aromatic heterocycles. The van der Waals surface area contributed by atoms with Crippen molar-refractivity contribution < 1.29 is 9.90 Å². The van der Waals surface area contributed by atoms with Crippen LogP contribution in [0.1, 0.15) is 12.5 Å². The maximum atomic E-state index is 10.6. The molecule has 0 radical (unpaired) electrons. The average molecular weight is 197 g/mol. The maximum absolute atomic E-state index is 10.6. The lowest BCUT2D eigenvalue weighted by Crippen LogP contribution is -2.11. The fraction of sp³-hybridized carbons (Fsp3) is 0.333. The van der Waals surface area contributed by atoms with Crippen molar-refractivity contribution >= 4 is 17.7 Å². The molecule has 0 bridgehead atoms. The summed E-state index contributed by atoms with van der Waals surface area (Å²) < 4.78 is 0. The maximum Gasteiger partial charge on any atom is 0.316 e. The number of hydrogen-bond acceptors (Lipinski definition) is 3. The van der Waals surface area contributed by atoms with Crippen molar-refractivity contribution in [3.63, 3.8) is 0 Å². The van der Waals surface area contributed by atoms with Gasteiger partial charge in [-0.1, -0.05) is 17.8 Å². The number of hydrogen-bond donors (Lipinski definition) is 1. The summed E-state index contributed by atoms with van der Waals surface area (Å²) >= 11 is 1.27. The Labute approximate surface area is 81.2 Å². The summed E-state index contributed by atoms with van der Waals surface area (Å²) in [6.45, 7) is 3.57. The van der Waals surface area contributed by atoms with Gasteiger partial charge < -0.3 is 5.11 Å². The predicted molar refractivity (Wildman–Crippen MR) is 51.9 cm³/mol. The summed E-state index contributed by atoms with van der Waals surface area (Å²) in [5.41, 5.74) is 1.01. The van der Waals surface area contributed by atoms with Crippen molar-refractivity contribution in [2.24, 2.45) is 0 Å². The van der Waals surface area contributed by atoms with E-state index in [0.29, 0.717) is 0 Å². The molecular formula is C9H11NO2S. The summed E-state index contributed by atoms with van der Waals surface area (Å²) in [6, 6.07) is 3.76. The minimum absolute atomic E-state index is 0.450. The topological polar surface area (TPSA) is 50.2 Å². The molecule has 13 heavy (non-hydrogen) atoms. The fourth-order valence-electron chi connectivity index (χ4n) is 0.812. The van der Waals surface area contributed by atoms with E-state index in [1.54, 1.807) is 13.1 Å². The van der Waals surface area contributed by atoms with Gasteiger partial charge in [0.25, 0.3) is 0 Å². The van der Waals surface area contributed by atoms with E-state index in [1.807, 2.05) is 19.1 Å². The molecule has 0 saturated carbocycles. The number of carbonyl (C=O) groups is 1. The van der Waals surface area contributed by atoms with E-state index in [0.717, 1.165) is 10.6 Å². The third-order valence-corrected chi connectivity index (χ3v) is 2.80. The van der Waals surface area contributed by atoms with Crippen LogP contribution >= 0.6 is 11.8 Å². The first-order valence-electron chi connectivity index (χ1n) is 3.92. The first kappa shape index (κ1) is 10.1. The van der Waals surface area contributed by atoms with Gasteiger partial charge in [0.1, 0.15) is 5.25 Å². The Morgan fingerprint density at radius 2 is 2.38 bits per heavy atom. The third-order valence-electron chi connectivity index (χ3n) is 1.60. The molecule has 4 heteroatoms. The van der Waals surface area contributed by atoms with E-state index in [-0.39, 0.29) is 0 Å². The SMILES string of the molecule is Cc1cccnc1SC(C)C(=O)O. The normalized spacial score (nSPS) is 12.5. The Kier molecular flexibility index (Phi) is 3.31. The van der Waals surface area contributed by atoms with Crippen molar-refractivity contribution in [1.29, 1.82) is 0 Å². The van der Waals surface area contributed by atoms with Crippen LogP contribution in [0.5, 0.6) is 0 Å². The van der Waals surface area contributed by atoms with Crippen LogP contribution < -0.4 is 0 Å². The molecule has 0 aliphatic carbocycles. The zero-order valence-corrected chi connectivity index (χ0v) is 8.34. The van der Waals surface area contributed by atoms with E-state index in [4.69, 9.17) is 5.11 Å². The van der Waals surface area contributed by atoms with Gasteiger partial charge in [-0.3, -0.25) is 4.79 Å². The van der Waals surface area contributed by atoms with Gasteiger partial charge in [0, 0.05) is 6.20 Å². The van der Waals surface area contributed by atoms with E-state index >= 15 is 0 Å². The highest BCUT2D eigenvalue weighted by atomic mass is 32.2. The van der Waals surface area contributed by atoms with Gasteiger partial charge >= 0.3 is 5.97 Å². The molecule has 0 aliphatic heterocycles. The number of aliphatic carboxylic acids is 1. The van der Waals surface area contributed by atoms with Gasteiger partial charge in [-0.25, -0.2) is 4.98 Å². The number of thioether (sulfide) groups is 1. The number of rotatable bonds is 3. The lowest BCUT2D eigenvalue weighted by atomic mass is 10.3. The smallest absolute Gasteiger partial charge is 0.316 e. The van der Waals surface area contributed by atoms with Crippen molar-refractivity contribution in [3.05, 3.63) is 23.9 Å². The molecule has 1 heterocycles. The average Bonchev–Trinajstić information content (AvgIpc) is 2.08. The van der Waals surface area contributed by atoms with Crippen LogP contribution in [0.2, 0.25) is 0 Å². The van der Waals surface area contributed by atoms with E-state index < -0.39 is 11.2 Å². The number of nitrogens with zero attached hydrogens (tertiary/aromatic N) is 1. The lowest BCUT2D eigenvalue weighted by Gasteiger charge is -2.06. The molecule has 1 N–H and O–H groups in total. The number of carboxylic acid groups (broad SMARTS) is 1. The summed E-state index contributed by atoms with van der Waals surface area (Å²) in [6.07, 6.45) is 1.67.